The zero-order valence-electron chi connectivity index (χ0n) is 12.8. The lowest BCUT2D eigenvalue weighted by Crippen LogP contribution is -2.06. The van der Waals surface area contributed by atoms with Crippen LogP contribution in [0.4, 0.5) is 11.4 Å². The number of carbonyl (C=O) groups excluding carboxylic acids is 1. The molecule has 0 radical (unpaired) electrons. The van der Waals surface area contributed by atoms with Gasteiger partial charge in [0, 0.05) is 16.1 Å². The number of ether oxygens (including phenoxy) is 1. The summed E-state index contributed by atoms with van der Waals surface area (Å²) in [4.78, 5) is 16.3. The van der Waals surface area contributed by atoms with Crippen molar-refractivity contribution in [2.75, 3.05) is 12.4 Å². The van der Waals surface area contributed by atoms with Crippen molar-refractivity contribution in [2.24, 2.45) is 0 Å². The van der Waals surface area contributed by atoms with Crippen LogP contribution in [0.3, 0.4) is 0 Å². The number of rotatable bonds is 3. The van der Waals surface area contributed by atoms with Crippen LogP contribution in [0, 0.1) is 6.92 Å². The molecule has 3 rings (SSSR count). The van der Waals surface area contributed by atoms with Gasteiger partial charge in [-0.3, -0.25) is 0 Å². The Morgan fingerprint density at radius 1 is 1.17 bits per heavy atom. The minimum absolute atomic E-state index is 0.269. The van der Waals surface area contributed by atoms with Gasteiger partial charge in [0.1, 0.15) is 0 Å². The summed E-state index contributed by atoms with van der Waals surface area (Å²) >= 11 is 5.92. The van der Waals surface area contributed by atoms with Crippen molar-refractivity contribution in [2.45, 2.75) is 6.92 Å². The topological polar surface area (TPSA) is 51.2 Å². The maximum Gasteiger partial charge on any atom is 0.356 e. The number of nitrogens with one attached hydrogen (secondary N) is 1. The molecule has 0 aliphatic rings. The summed E-state index contributed by atoms with van der Waals surface area (Å²) in [5.74, 6) is -0.464. The lowest BCUT2D eigenvalue weighted by Gasteiger charge is -2.12. The number of carbonyl (C=O) groups is 1. The Hall–Kier alpha value is -2.59. The number of benzene rings is 2. The maximum absolute atomic E-state index is 11.9. The summed E-state index contributed by atoms with van der Waals surface area (Å²) in [5.41, 5.74) is 3.70. The van der Waals surface area contributed by atoms with Gasteiger partial charge >= 0.3 is 5.97 Å². The molecule has 5 heteroatoms. The van der Waals surface area contributed by atoms with E-state index in [4.69, 9.17) is 16.3 Å². The first kappa shape index (κ1) is 15.3. The molecule has 3 aromatic rings. The number of anilines is 2. The molecule has 0 saturated heterocycles. The maximum atomic E-state index is 11.9. The van der Waals surface area contributed by atoms with E-state index >= 15 is 0 Å². The van der Waals surface area contributed by atoms with Crippen LogP contribution in [0.25, 0.3) is 10.9 Å². The summed E-state index contributed by atoms with van der Waals surface area (Å²) < 4.78 is 4.80. The van der Waals surface area contributed by atoms with Crippen LogP contribution in [0.1, 0.15) is 16.1 Å². The number of aryl methyl sites for hydroxylation is 1. The van der Waals surface area contributed by atoms with Crippen LogP contribution in [0.5, 0.6) is 0 Å². The van der Waals surface area contributed by atoms with Gasteiger partial charge in [-0.05, 0) is 42.8 Å². The second-order valence-electron chi connectivity index (χ2n) is 5.15. The molecule has 0 bridgehead atoms. The van der Waals surface area contributed by atoms with Gasteiger partial charge in [0.25, 0.3) is 0 Å². The fraction of sp³-hybridized carbons (Fsp3) is 0.111. The van der Waals surface area contributed by atoms with Crippen LogP contribution < -0.4 is 5.32 Å². The van der Waals surface area contributed by atoms with Crippen molar-refractivity contribution < 1.29 is 9.53 Å². The number of fused-ring (bicyclic) bond motifs is 1. The fourth-order valence-electron chi connectivity index (χ4n) is 2.39. The van der Waals surface area contributed by atoms with Gasteiger partial charge < -0.3 is 10.1 Å². The first-order valence-corrected chi connectivity index (χ1v) is 7.47. The van der Waals surface area contributed by atoms with E-state index in [2.05, 4.69) is 10.3 Å². The van der Waals surface area contributed by atoms with Gasteiger partial charge in [-0.1, -0.05) is 29.8 Å². The summed E-state index contributed by atoms with van der Waals surface area (Å²) in [7, 11) is 1.35. The summed E-state index contributed by atoms with van der Waals surface area (Å²) in [6.07, 6.45) is 0. The minimum Gasteiger partial charge on any atom is -0.464 e. The molecule has 2 aromatic carbocycles. The first-order valence-electron chi connectivity index (χ1n) is 7.10. The molecule has 4 nitrogen and oxygen atoms in total. The summed E-state index contributed by atoms with van der Waals surface area (Å²) in [6.45, 7) is 1.96. The van der Waals surface area contributed by atoms with E-state index in [1.807, 2.05) is 37.3 Å². The third kappa shape index (κ3) is 3.12. The normalized spacial score (nSPS) is 10.6. The number of pyridine rings is 1. The second kappa shape index (κ2) is 6.26. The molecule has 1 aromatic heterocycles. The van der Waals surface area contributed by atoms with Gasteiger partial charge in [0.05, 0.1) is 18.3 Å². The van der Waals surface area contributed by atoms with Crippen molar-refractivity contribution in [3.8, 4) is 0 Å². The Kier molecular flexibility index (Phi) is 4.17. The predicted octanol–water partition coefficient (Wildman–Crippen LogP) is 4.73. The molecular weight excluding hydrogens is 312 g/mol. The molecule has 0 fully saturated rings. The summed E-state index contributed by atoms with van der Waals surface area (Å²) in [5, 5.41) is 4.92. The second-order valence-corrected chi connectivity index (χ2v) is 5.59. The quantitative estimate of drug-likeness (QED) is 0.707. The van der Waals surface area contributed by atoms with E-state index in [0.717, 1.165) is 27.8 Å². The van der Waals surface area contributed by atoms with Crippen LogP contribution in [-0.2, 0) is 4.74 Å². The highest BCUT2D eigenvalue weighted by atomic mass is 35.5. The van der Waals surface area contributed by atoms with Crippen molar-refractivity contribution in [3.63, 3.8) is 0 Å². The van der Waals surface area contributed by atoms with E-state index in [9.17, 15) is 4.79 Å². The highest BCUT2D eigenvalue weighted by Gasteiger charge is 2.13. The van der Waals surface area contributed by atoms with E-state index in [1.165, 1.54) is 7.11 Å². The van der Waals surface area contributed by atoms with Crippen molar-refractivity contribution in [1.29, 1.82) is 0 Å². The molecule has 1 N–H and O–H groups in total. The van der Waals surface area contributed by atoms with Gasteiger partial charge in [-0.15, -0.1) is 0 Å². The van der Waals surface area contributed by atoms with E-state index in [0.29, 0.717) is 5.02 Å². The van der Waals surface area contributed by atoms with Crippen molar-refractivity contribution in [1.82, 2.24) is 4.98 Å². The average Bonchev–Trinajstić information content (AvgIpc) is 2.57. The molecule has 0 spiro atoms. The Bertz CT molecular complexity index is 876. The van der Waals surface area contributed by atoms with Crippen molar-refractivity contribution >= 4 is 39.8 Å². The van der Waals surface area contributed by atoms with E-state index in [-0.39, 0.29) is 5.69 Å². The monoisotopic (exact) mass is 326 g/mol. The smallest absolute Gasteiger partial charge is 0.356 e. The molecule has 23 heavy (non-hydrogen) atoms. The molecule has 0 amide bonds. The third-order valence-corrected chi connectivity index (χ3v) is 3.81. The number of halogens is 1. The lowest BCUT2D eigenvalue weighted by atomic mass is 10.1. The number of esters is 1. The van der Waals surface area contributed by atoms with Gasteiger partial charge in [-0.25, -0.2) is 9.78 Å². The standard InChI is InChI=1S/C18H15ClN2O2/c1-11-4-3-5-14-15(20-13-8-6-12(19)7-9-13)10-16(18(22)23-2)21-17(11)14/h3-10H,1-2H3,(H,20,21). The van der Waals surface area contributed by atoms with Crippen LogP contribution >= 0.6 is 11.6 Å². The highest BCUT2D eigenvalue weighted by Crippen LogP contribution is 2.29. The molecular formula is C18H15ClN2O2. The molecule has 0 unspecified atom stereocenters. The largest absolute Gasteiger partial charge is 0.464 e. The lowest BCUT2D eigenvalue weighted by molar-refractivity contribution is 0.0594. The zero-order chi connectivity index (χ0) is 16.4. The number of nitrogens with zero attached hydrogens (tertiary/aromatic N) is 1. The molecule has 0 atom stereocenters. The highest BCUT2D eigenvalue weighted by molar-refractivity contribution is 6.30. The van der Waals surface area contributed by atoms with Gasteiger partial charge in [0.2, 0.25) is 0 Å². The van der Waals surface area contributed by atoms with E-state index in [1.54, 1.807) is 18.2 Å². The molecule has 1 heterocycles. The zero-order valence-corrected chi connectivity index (χ0v) is 13.5. The van der Waals surface area contributed by atoms with Crippen LogP contribution in [0.2, 0.25) is 5.02 Å². The van der Waals surface area contributed by atoms with Gasteiger partial charge in [0.15, 0.2) is 5.69 Å². The number of para-hydroxylation sites is 1. The van der Waals surface area contributed by atoms with Crippen LogP contribution in [-0.4, -0.2) is 18.1 Å². The molecule has 0 saturated carbocycles. The Morgan fingerprint density at radius 2 is 1.91 bits per heavy atom. The predicted molar refractivity (Wildman–Crippen MR) is 92.6 cm³/mol. The first-order chi connectivity index (χ1) is 11.1. The fourth-order valence-corrected chi connectivity index (χ4v) is 2.52. The molecule has 0 aliphatic heterocycles. The number of aromatic nitrogens is 1. The average molecular weight is 327 g/mol. The number of hydrogen-bond acceptors (Lipinski definition) is 4. The Balaban J connectivity index is 2.15. The number of methoxy groups -OCH3 is 1. The van der Waals surface area contributed by atoms with Gasteiger partial charge in [-0.2, -0.15) is 0 Å². The van der Waals surface area contributed by atoms with Crippen LogP contribution in [0.15, 0.2) is 48.5 Å². The number of hydrogen-bond donors (Lipinski definition) is 1. The SMILES string of the molecule is COC(=O)c1cc(Nc2ccc(Cl)cc2)c2cccc(C)c2n1. The Morgan fingerprint density at radius 3 is 2.61 bits per heavy atom. The molecule has 116 valence electrons. The molecule has 0 aliphatic carbocycles. The minimum atomic E-state index is -0.464. The Labute approximate surface area is 139 Å². The third-order valence-electron chi connectivity index (χ3n) is 3.56. The van der Waals surface area contributed by atoms with E-state index < -0.39 is 5.97 Å². The van der Waals surface area contributed by atoms with Crippen molar-refractivity contribution in [3.05, 3.63) is 64.8 Å². The summed E-state index contributed by atoms with van der Waals surface area (Å²) in [6, 6.07) is 15.0.